The summed E-state index contributed by atoms with van der Waals surface area (Å²) in [6, 6.07) is 0.711. The summed E-state index contributed by atoms with van der Waals surface area (Å²) < 4.78 is 0. The Bertz CT molecular complexity index is 147. The van der Waals surface area contributed by atoms with E-state index in [1.165, 1.54) is 32.4 Å². The van der Waals surface area contributed by atoms with Gasteiger partial charge >= 0.3 is 0 Å². The highest BCUT2D eigenvalue weighted by atomic mass is 15.0. The van der Waals surface area contributed by atoms with E-state index in [0.29, 0.717) is 6.04 Å². The molecule has 0 aliphatic carbocycles. The molecule has 84 valence electrons. The van der Waals surface area contributed by atoms with Crippen LogP contribution in [0.4, 0.5) is 0 Å². The molecule has 14 heavy (non-hydrogen) atoms. The quantitative estimate of drug-likeness (QED) is 0.706. The molecule has 0 aromatic heterocycles. The highest BCUT2D eigenvalue weighted by Gasteiger charge is 2.22. The Morgan fingerprint density at radius 2 is 2.21 bits per heavy atom. The van der Waals surface area contributed by atoms with Crippen molar-refractivity contribution in [2.75, 3.05) is 19.6 Å². The first-order valence-electron chi connectivity index (χ1n) is 6.22. The van der Waals surface area contributed by atoms with Crippen molar-refractivity contribution in [3.8, 4) is 0 Å². The van der Waals surface area contributed by atoms with Crippen molar-refractivity contribution in [3.63, 3.8) is 0 Å². The molecule has 0 radical (unpaired) electrons. The molecule has 1 heterocycles. The first-order valence-corrected chi connectivity index (χ1v) is 6.22. The number of rotatable bonds is 5. The minimum atomic E-state index is 0.711. The van der Waals surface area contributed by atoms with E-state index >= 15 is 0 Å². The summed E-state index contributed by atoms with van der Waals surface area (Å²) in [5.41, 5.74) is 0. The monoisotopic (exact) mass is 198 g/mol. The average molecular weight is 198 g/mol. The summed E-state index contributed by atoms with van der Waals surface area (Å²) in [4.78, 5) is 0. The Kier molecular flexibility index (Phi) is 5.49. The van der Waals surface area contributed by atoms with Gasteiger partial charge in [0, 0.05) is 12.6 Å². The van der Waals surface area contributed by atoms with Gasteiger partial charge in [-0.25, -0.2) is 0 Å². The molecular formula is C12H26N2. The van der Waals surface area contributed by atoms with Crippen molar-refractivity contribution in [2.45, 2.75) is 46.1 Å². The van der Waals surface area contributed by atoms with Crippen molar-refractivity contribution in [3.05, 3.63) is 0 Å². The Balaban J connectivity index is 2.26. The highest BCUT2D eigenvalue weighted by molar-refractivity contribution is 4.83. The minimum absolute atomic E-state index is 0.711. The molecule has 3 atom stereocenters. The highest BCUT2D eigenvalue weighted by Crippen LogP contribution is 2.16. The number of nitrogens with one attached hydrogen (secondary N) is 2. The summed E-state index contributed by atoms with van der Waals surface area (Å²) in [6.07, 6.45) is 3.94. The predicted octanol–water partition coefficient (Wildman–Crippen LogP) is 2.01. The number of piperidine rings is 1. The second-order valence-electron chi connectivity index (χ2n) is 4.69. The van der Waals surface area contributed by atoms with Crippen LogP contribution in [0.3, 0.4) is 0 Å². The van der Waals surface area contributed by atoms with E-state index in [4.69, 9.17) is 0 Å². The van der Waals surface area contributed by atoms with Crippen molar-refractivity contribution in [2.24, 2.45) is 11.8 Å². The van der Waals surface area contributed by atoms with E-state index in [1.807, 2.05) is 0 Å². The van der Waals surface area contributed by atoms with Gasteiger partial charge in [-0.15, -0.1) is 0 Å². The smallest absolute Gasteiger partial charge is 0.0221 e. The molecule has 2 N–H and O–H groups in total. The minimum Gasteiger partial charge on any atom is -0.315 e. The van der Waals surface area contributed by atoms with Gasteiger partial charge in [0.15, 0.2) is 0 Å². The molecule has 2 nitrogen and oxygen atoms in total. The van der Waals surface area contributed by atoms with Crippen LogP contribution in [0.2, 0.25) is 0 Å². The molecule has 1 aliphatic rings. The SMILES string of the molecule is CCC(C)CNC1CNCCC1CC. The van der Waals surface area contributed by atoms with Gasteiger partial charge in [-0.2, -0.15) is 0 Å². The van der Waals surface area contributed by atoms with Crippen LogP contribution in [-0.2, 0) is 0 Å². The van der Waals surface area contributed by atoms with E-state index in [1.54, 1.807) is 0 Å². The summed E-state index contributed by atoms with van der Waals surface area (Å²) in [5.74, 6) is 1.70. The van der Waals surface area contributed by atoms with Crippen molar-refractivity contribution >= 4 is 0 Å². The van der Waals surface area contributed by atoms with Crippen LogP contribution in [0.15, 0.2) is 0 Å². The average Bonchev–Trinajstić information content (AvgIpc) is 2.26. The van der Waals surface area contributed by atoms with E-state index in [-0.39, 0.29) is 0 Å². The van der Waals surface area contributed by atoms with Gasteiger partial charge in [0.1, 0.15) is 0 Å². The molecule has 1 saturated heterocycles. The lowest BCUT2D eigenvalue weighted by Crippen LogP contribution is -2.49. The number of hydrogen-bond acceptors (Lipinski definition) is 2. The first-order chi connectivity index (χ1) is 6.77. The zero-order valence-corrected chi connectivity index (χ0v) is 9.97. The normalized spacial score (nSPS) is 30.2. The van der Waals surface area contributed by atoms with Crippen molar-refractivity contribution < 1.29 is 0 Å². The lowest BCUT2D eigenvalue weighted by molar-refractivity contribution is 0.261. The van der Waals surface area contributed by atoms with Crippen LogP contribution >= 0.6 is 0 Å². The maximum absolute atomic E-state index is 3.71. The molecule has 3 unspecified atom stereocenters. The van der Waals surface area contributed by atoms with Gasteiger partial charge in [-0.3, -0.25) is 0 Å². The molecule has 0 bridgehead atoms. The summed E-state index contributed by atoms with van der Waals surface area (Å²) in [6.45, 7) is 10.5. The van der Waals surface area contributed by atoms with Gasteiger partial charge < -0.3 is 10.6 Å². The Hall–Kier alpha value is -0.0800. The molecule has 0 amide bonds. The Morgan fingerprint density at radius 1 is 1.43 bits per heavy atom. The lowest BCUT2D eigenvalue weighted by atomic mass is 9.90. The molecule has 0 aromatic carbocycles. The molecule has 0 saturated carbocycles. The molecule has 0 aromatic rings. The molecule has 1 rings (SSSR count). The maximum Gasteiger partial charge on any atom is 0.0221 e. The van der Waals surface area contributed by atoms with E-state index in [9.17, 15) is 0 Å². The molecule has 2 heteroatoms. The van der Waals surface area contributed by atoms with Gasteiger partial charge in [-0.05, 0) is 31.3 Å². The maximum atomic E-state index is 3.71. The largest absolute Gasteiger partial charge is 0.315 e. The summed E-state index contributed by atoms with van der Waals surface area (Å²) in [7, 11) is 0. The second-order valence-corrected chi connectivity index (χ2v) is 4.69. The van der Waals surface area contributed by atoms with Crippen LogP contribution in [0.1, 0.15) is 40.0 Å². The van der Waals surface area contributed by atoms with Gasteiger partial charge in [0.2, 0.25) is 0 Å². The molecule has 1 aliphatic heterocycles. The van der Waals surface area contributed by atoms with Crippen molar-refractivity contribution in [1.29, 1.82) is 0 Å². The third-order valence-corrected chi connectivity index (χ3v) is 3.57. The fraction of sp³-hybridized carbons (Fsp3) is 1.00. The van der Waals surface area contributed by atoms with Crippen LogP contribution in [0.25, 0.3) is 0 Å². The third-order valence-electron chi connectivity index (χ3n) is 3.57. The van der Waals surface area contributed by atoms with E-state index in [2.05, 4.69) is 31.4 Å². The summed E-state index contributed by atoms with van der Waals surface area (Å²) >= 11 is 0. The molecule has 1 fully saturated rings. The topological polar surface area (TPSA) is 24.1 Å². The van der Waals surface area contributed by atoms with Gasteiger partial charge in [0.25, 0.3) is 0 Å². The van der Waals surface area contributed by atoms with Crippen LogP contribution < -0.4 is 10.6 Å². The fourth-order valence-electron chi connectivity index (χ4n) is 2.14. The second kappa shape index (κ2) is 6.41. The standard InChI is InChI=1S/C12H26N2/c1-4-10(3)8-14-12-9-13-7-6-11(12)5-2/h10-14H,4-9H2,1-3H3. The Morgan fingerprint density at radius 3 is 2.86 bits per heavy atom. The predicted molar refractivity (Wildman–Crippen MR) is 62.5 cm³/mol. The molecular weight excluding hydrogens is 172 g/mol. The van der Waals surface area contributed by atoms with E-state index < -0.39 is 0 Å². The summed E-state index contributed by atoms with van der Waals surface area (Å²) in [5, 5.41) is 7.19. The lowest BCUT2D eigenvalue weighted by Gasteiger charge is -2.33. The van der Waals surface area contributed by atoms with Crippen LogP contribution in [-0.4, -0.2) is 25.7 Å². The third kappa shape index (κ3) is 3.58. The van der Waals surface area contributed by atoms with Crippen LogP contribution in [0.5, 0.6) is 0 Å². The van der Waals surface area contributed by atoms with Gasteiger partial charge in [0.05, 0.1) is 0 Å². The van der Waals surface area contributed by atoms with Gasteiger partial charge in [-0.1, -0.05) is 33.6 Å². The number of hydrogen-bond donors (Lipinski definition) is 2. The zero-order chi connectivity index (χ0) is 10.4. The molecule has 0 spiro atoms. The first kappa shape index (κ1) is 12.0. The zero-order valence-electron chi connectivity index (χ0n) is 9.97. The Labute approximate surface area is 88.8 Å². The fourth-order valence-corrected chi connectivity index (χ4v) is 2.14. The van der Waals surface area contributed by atoms with Crippen molar-refractivity contribution in [1.82, 2.24) is 10.6 Å². The van der Waals surface area contributed by atoms with E-state index in [0.717, 1.165) is 18.4 Å². The van der Waals surface area contributed by atoms with Crippen LogP contribution in [0, 0.1) is 11.8 Å².